The van der Waals surface area contributed by atoms with Gasteiger partial charge in [-0.3, -0.25) is 9.59 Å². The van der Waals surface area contributed by atoms with Crippen molar-refractivity contribution in [2.75, 3.05) is 19.0 Å². The SMILES string of the molecule is CCCC(=O)Nc1cc(C(=O)N2CC2C(=O)OC)ccc1C. The summed E-state index contributed by atoms with van der Waals surface area (Å²) in [5, 5.41) is 2.81. The maximum absolute atomic E-state index is 12.3. The number of hydrogen-bond donors (Lipinski definition) is 1. The molecule has 0 bridgehead atoms. The molecular weight excluding hydrogens is 284 g/mol. The number of aryl methyl sites for hydroxylation is 1. The van der Waals surface area contributed by atoms with Gasteiger partial charge < -0.3 is 15.0 Å². The van der Waals surface area contributed by atoms with Gasteiger partial charge >= 0.3 is 5.97 Å². The van der Waals surface area contributed by atoms with Gasteiger partial charge in [0.2, 0.25) is 5.91 Å². The van der Waals surface area contributed by atoms with Crippen LogP contribution in [0.5, 0.6) is 0 Å². The number of nitrogens with one attached hydrogen (secondary N) is 1. The number of methoxy groups -OCH3 is 1. The number of carbonyl (C=O) groups excluding carboxylic acids is 3. The Kier molecular flexibility index (Phi) is 4.80. The van der Waals surface area contributed by atoms with E-state index in [4.69, 9.17) is 0 Å². The van der Waals surface area contributed by atoms with Crippen molar-refractivity contribution in [2.45, 2.75) is 32.7 Å². The number of ether oxygens (including phenoxy) is 1. The zero-order chi connectivity index (χ0) is 16.3. The monoisotopic (exact) mass is 304 g/mol. The van der Waals surface area contributed by atoms with Gasteiger partial charge in [0.25, 0.3) is 5.91 Å². The second-order valence-electron chi connectivity index (χ2n) is 5.32. The zero-order valence-electron chi connectivity index (χ0n) is 13.0. The first-order valence-corrected chi connectivity index (χ1v) is 7.27. The van der Waals surface area contributed by atoms with Gasteiger partial charge in [-0.2, -0.15) is 0 Å². The molecule has 0 aromatic heterocycles. The molecule has 1 aliphatic heterocycles. The molecule has 0 spiro atoms. The first kappa shape index (κ1) is 16.0. The number of amides is 2. The lowest BCUT2D eigenvalue weighted by Crippen LogP contribution is -2.20. The molecule has 0 radical (unpaired) electrons. The van der Waals surface area contributed by atoms with E-state index in [-0.39, 0.29) is 11.8 Å². The predicted octanol–water partition coefficient (Wildman–Crippen LogP) is 1.73. The largest absolute Gasteiger partial charge is 0.467 e. The molecule has 1 N–H and O–H groups in total. The third-order valence-corrected chi connectivity index (χ3v) is 3.58. The van der Waals surface area contributed by atoms with Gasteiger partial charge in [0.1, 0.15) is 6.04 Å². The standard InChI is InChI=1S/C16H20N2O4/c1-4-5-14(19)17-12-8-11(7-6-10(12)2)15(20)18-9-13(18)16(21)22-3/h6-8,13H,4-5,9H2,1-3H3,(H,17,19). The Labute approximate surface area is 129 Å². The molecule has 2 amide bonds. The molecule has 1 fully saturated rings. The van der Waals surface area contributed by atoms with E-state index in [9.17, 15) is 14.4 Å². The van der Waals surface area contributed by atoms with Crippen molar-refractivity contribution in [2.24, 2.45) is 0 Å². The lowest BCUT2D eigenvalue weighted by Gasteiger charge is -2.10. The molecule has 0 saturated carbocycles. The Balaban J connectivity index is 2.11. The van der Waals surface area contributed by atoms with E-state index in [0.717, 1.165) is 12.0 Å². The van der Waals surface area contributed by atoms with Crippen LogP contribution >= 0.6 is 0 Å². The Bertz CT molecular complexity index is 612. The maximum Gasteiger partial charge on any atom is 0.330 e. The van der Waals surface area contributed by atoms with Crippen molar-refractivity contribution in [3.8, 4) is 0 Å². The highest BCUT2D eigenvalue weighted by atomic mass is 16.5. The molecule has 1 heterocycles. The number of rotatable bonds is 5. The number of carbonyl (C=O) groups is 3. The quantitative estimate of drug-likeness (QED) is 0.664. The number of esters is 1. The van der Waals surface area contributed by atoms with E-state index in [1.54, 1.807) is 18.2 Å². The summed E-state index contributed by atoms with van der Waals surface area (Å²) in [7, 11) is 1.30. The van der Waals surface area contributed by atoms with Gasteiger partial charge in [0.05, 0.1) is 13.7 Å². The highest BCUT2D eigenvalue weighted by Crippen LogP contribution is 2.25. The number of nitrogens with zero attached hydrogens (tertiary/aromatic N) is 1. The summed E-state index contributed by atoms with van der Waals surface area (Å²) >= 11 is 0. The smallest absolute Gasteiger partial charge is 0.330 e. The minimum absolute atomic E-state index is 0.0747. The normalized spacial score (nSPS) is 16.1. The molecular formula is C16H20N2O4. The van der Waals surface area contributed by atoms with Crippen LogP contribution in [0.4, 0.5) is 5.69 Å². The van der Waals surface area contributed by atoms with Crippen molar-refractivity contribution in [1.82, 2.24) is 4.90 Å². The average Bonchev–Trinajstić information content (AvgIpc) is 3.28. The number of hydrogen-bond acceptors (Lipinski definition) is 4. The van der Waals surface area contributed by atoms with E-state index < -0.39 is 12.0 Å². The summed E-state index contributed by atoms with van der Waals surface area (Å²) < 4.78 is 4.62. The molecule has 118 valence electrons. The summed E-state index contributed by atoms with van der Waals surface area (Å²) in [6.07, 6.45) is 1.20. The Morgan fingerprint density at radius 2 is 2.09 bits per heavy atom. The molecule has 1 aliphatic rings. The summed E-state index contributed by atoms with van der Waals surface area (Å²) in [5.41, 5.74) is 1.96. The van der Waals surface area contributed by atoms with Crippen molar-refractivity contribution in [3.05, 3.63) is 29.3 Å². The van der Waals surface area contributed by atoms with Crippen molar-refractivity contribution >= 4 is 23.5 Å². The van der Waals surface area contributed by atoms with Crippen molar-refractivity contribution in [1.29, 1.82) is 0 Å². The van der Waals surface area contributed by atoms with Crippen LogP contribution < -0.4 is 5.32 Å². The van der Waals surface area contributed by atoms with Crippen LogP contribution in [-0.2, 0) is 14.3 Å². The average molecular weight is 304 g/mol. The van der Waals surface area contributed by atoms with Crippen LogP contribution in [0.25, 0.3) is 0 Å². The van der Waals surface area contributed by atoms with E-state index in [1.807, 2.05) is 13.8 Å². The molecule has 22 heavy (non-hydrogen) atoms. The van der Waals surface area contributed by atoms with Gasteiger partial charge in [-0.1, -0.05) is 13.0 Å². The van der Waals surface area contributed by atoms with Crippen LogP contribution in [-0.4, -0.2) is 42.4 Å². The van der Waals surface area contributed by atoms with Crippen molar-refractivity contribution < 1.29 is 19.1 Å². The van der Waals surface area contributed by atoms with E-state index in [0.29, 0.717) is 24.2 Å². The Morgan fingerprint density at radius 1 is 1.36 bits per heavy atom. The molecule has 1 saturated heterocycles. The van der Waals surface area contributed by atoms with Crippen molar-refractivity contribution in [3.63, 3.8) is 0 Å². The Hall–Kier alpha value is -2.37. The Morgan fingerprint density at radius 3 is 2.73 bits per heavy atom. The topological polar surface area (TPSA) is 75.5 Å². The van der Waals surface area contributed by atoms with Crippen LogP contribution in [0.1, 0.15) is 35.7 Å². The fourth-order valence-corrected chi connectivity index (χ4v) is 2.20. The summed E-state index contributed by atoms with van der Waals surface area (Å²) in [6, 6.07) is 4.64. The fraction of sp³-hybridized carbons (Fsp3) is 0.438. The second kappa shape index (κ2) is 6.60. The van der Waals surface area contributed by atoms with Gasteiger partial charge in [-0.15, -0.1) is 0 Å². The highest BCUT2D eigenvalue weighted by molar-refractivity contribution is 6.01. The summed E-state index contributed by atoms with van der Waals surface area (Å²) in [6.45, 7) is 4.17. The first-order valence-electron chi connectivity index (χ1n) is 7.27. The third-order valence-electron chi connectivity index (χ3n) is 3.58. The molecule has 1 unspecified atom stereocenters. The molecule has 6 nitrogen and oxygen atoms in total. The zero-order valence-corrected chi connectivity index (χ0v) is 13.0. The lowest BCUT2D eigenvalue weighted by molar-refractivity contribution is -0.140. The molecule has 1 aromatic carbocycles. The van der Waals surface area contributed by atoms with E-state index >= 15 is 0 Å². The number of benzene rings is 1. The van der Waals surface area contributed by atoms with Crippen LogP contribution in [0.15, 0.2) is 18.2 Å². The second-order valence-corrected chi connectivity index (χ2v) is 5.32. The molecule has 1 aromatic rings. The van der Waals surface area contributed by atoms with Gasteiger partial charge in [0.15, 0.2) is 0 Å². The summed E-state index contributed by atoms with van der Waals surface area (Å²) in [5.74, 6) is -0.715. The van der Waals surface area contributed by atoms with Crippen LogP contribution in [0.3, 0.4) is 0 Å². The van der Waals surface area contributed by atoms with Crippen LogP contribution in [0, 0.1) is 6.92 Å². The van der Waals surface area contributed by atoms with Gasteiger partial charge in [-0.05, 0) is 31.0 Å². The fourth-order valence-electron chi connectivity index (χ4n) is 2.20. The lowest BCUT2D eigenvalue weighted by atomic mass is 10.1. The summed E-state index contributed by atoms with van der Waals surface area (Å²) in [4.78, 5) is 36.8. The highest BCUT2D eigenvalue weighted by Gasteiger charge is 2.45. The number of anilines is 1. The van der Waals surface area contributed by atoms with Gasteiger partial charge in [0, 0.05) is 17.7 Å². The van der Waals surface area contributed by atoms with E-state index in [1.165, 1.54) is 12.0 Å². The first-order chi connectivity index (χ1) is 10.5. The molecule has 2 rings (SSSR count). The predicted molar refractivity (Wildman–Crippen MR) is 81.6 cm³/mol. The minimum Gasteiger partial charge on any atom is -0.467 e. The molecule has 1 atom stereocenters. The minimum atomic E-state index is -0.489. The van der Waals surface area contributed by atoms with Crippen LogP contribution in [0.2, 0.25) is 0 Å². The molecule has 6 heteroatoms. The maximum atomic E-state index is 12.3. The van der Waals surface area contributed by atoms with E-state index in [2.05, 4.69) is 10.1 Å². The molecule has 0 aliphatic carbocycles. The third kappa shape index (κ3) is 3.44. The van der Waals surface area contributed by atoms with Gasteiger partial charge in [-0.25, -0.2) is 4.79 Å².